The molecule has 0 saturated heterocycles. The van der Waals surface area contributed by atoms with Crippen LogP contribution in [0.25, 0.3) is 0 Å². The minimum absolute atomic E-state index is 0.173. The Morgan fingerprint density at radius 1 is 1.19 bits per heavy atom. The fourth-order valence-corrected chi connectivity index (χ4v) is 2.15. The molecule has 1 aliphatic rings. The zero-order valence-corrected chi connectivity index (χ0v) is 10.6. The molecule has 3 heteroatoms. The Balaban J connectivity index is 2.35. The molecule has 2 amide bonds. The van der Waals surface area contributed by atoms with Gasteiger partial charge in [-0.15, -0.1) is 0 Å². The lowest BCUT2D eigenvalue weighted by molar-refractivity contribution is -0.136. The molecule has 0 aromatic heterocycles. The third-order valence-electron chi connectivity index (χ3n) is 2.71. The number of hydrogen-bond donors (Lipinski definition) is 0. The van der Waals surface area contributed by atoms with Crippen LogP contribution in [0.2, 0.25) is 0 Å². The molecule has 0 N–H and O–H groups in total. The third kappa shape index (κ3) is 3.80. The van der Waals surface area contributed by atoms with E-state index in [1.165, 1.54) is 17.1 Å². The lowest BCUT2D eigenvalue weighted by Crippen LogP contribution is -2.32. The highest BCUT2D eigenvalue weighted by molar-refractivity contribution is 6.12. The molecule has 1 rings (SSSR count). The molecule has 1 atom stereocenters. The summed E-state index contributed by atoms with van der Waals surface area (Å²) in [6.45, 7) is 9.33. The number of imide groups is 1. The monoisotopic (exact) mass is 223 g/mol. The Labute approximate surface area is 97.5 Å². The van der Waals surface area contributed by atoms with E-state index in [1.807, 2.05) is 0 Å². The summed E-state index contributed by atoms with van der Waals surface area (Å²) in [4.78, 5) is 23.9. The van der Waals surface area contributed by atoms with Crippen LogP contribution in [0.1, 0.15) is 40.5 Å². The second-order valence-corrected chi connectivity index (χ2v) is 5.82. The minimum Gasteiger partial charge on any atom is -0.275 e. The maximum Gasteiger partial charge on any atom is 0.253 e. The molecule has 16 heavy (non-hydrogen) atoms. The molecule has 0 bridgehead atoms. The first-order valence-corrected chi connectivity index (χ1v) is 5.83. The van der Waals surface area contributed by atoms with Gasteiger partial charge in [0.25, 0.3) is 11.8 Å². The Kier molecular flexibility index (Phi) is 3.89. The molecule has 0 radical (unpaired) electrons. The predicted octanol–water partition coefficient (Wildman–Crippen LogP) is 2.37. The number of carbonyl (C=O) groups excluding carboxylic acids is 2. The van der Waals surface area contributed by atoms with Crippen molar-refractivity contribution in [1.82, 2.24) is 4.90 Å². The standard InChI is InChI=1S/C13H21NO2/c1-10(9-13(2,3)4)7-8-14-11(15)5-6-12(14)16/h5-6,10H,7-9H2,1-4H3. The molecular weight excluding hydrogens is 202 g/mol. The molecular formula is C13H21NO2. The van der Waals surface area contributed by atoms with Crippen molar-refractivity contribution < 1.29 is 9.59 Å². The Bertz CT molecular complexity index is 294. The van der Waals surface area contributed by atoms with Crippen LogP contribution in [0.15, 0.2) is 12.2 Å². The smallest absolute Gasteiger partial charge is 0.253 e. The zero-order chi connectivity index (χ0) is 12.3. The van der Waals surface area contributed by atoms with E-state index in [-0.39, 0.29) is 11.8 Å². The van der Waals surface area contributed by atoms with Crippen LogP contribution >= 0.6 is 0 Å². The zero-order valence-electron chi connectivity index (χ0n) is 10.6. The van der Waals surface area contributed by atoms with Crippen molar-refractivity contribution in [3.8, 4) is 0 Å². The van der Waals surface area contributed by atoms with Crippen LogP contribution in [0, 0.1) is 11.3 Å². The molecule has 1 unspecified atom stereocenters. The number of amides is 2. The SMILES string of the molecule is CC(CCN1C(=O)C=CC1=O)CC(C)(C)C. The lowest BCUT2D eigenvalue weighted by atomic mass is 9.84. The normalized spacial score (nSPS) is 18.4. The van der Waals surface area contributed by atoms with Crippen molar-refractivity contribution >= 4 is 11.8 Å². The van der Waals surface area contributed by atoms with Gasteiger partial charge in [0.05, 0.1) is 0 Å². The van der Waals surface area contributed by atoms with Crippen molar-refractivity contribution in [2.75, 3.05) is 6.54 Å². The van der Waals surface area contributed by atoms with Gasteiger partial charge in [-0.1, -0.05) is 27.7 Å². The molecule has 90 valence electrons. The first-order valence-electron chi connectivity index (χ1n) is 5.83. The number of rotatable bonds is 4. The number of nitrogens with zero attached hydrogens (tertiary/aromatic N) is 1. The van der Waals surface area contributed by atoms with E-state index in [0.29, 0.717) is 17.9 Å². The minimum atomic E-state index is -0.173. The maximum atomic E-state index is 11.3. The first kappa shape index (κ1) is 12.9. The number of hydrogen-bond acceptors (Lipinski definition) is 2. The highest BCUT2D eigenvalue weighted by Crippen LogP contribution is 2.26. The van der Waals surface area contributed by atoms with Crippen LogP contribution in [0.4, 0.5) is 0 Å². The molecule has 0 spiro atoms. The highest BCUT2D eigenvalue weighted by atomic mass is 16.2. The Morgan fingerprint density at radius 2 is 1.69 bits per heavy atom. The molecule has 0 fully saturated rings. The molecule has 0 aliphatic carbocycles. The van der Waals surface area contributed by atoms with Gasteiger partial charge in [0.2, 0.25) is 0 Å². The fourth-order valence-electron chi connectivity index (χ4n) is 2.15. The quantitative estimate of drug-likeness (QED) is 0.686. The predicted molar refractivity (Wildman–Crippen MR) is 63.7 cm³/mol. The van der Waals surface area contributed by atoms with Crippen molar-refractivity contribution in [1.29, 1.82) is 0 Å². The van der Waals surface area contributed by atoms with Crippen LogP contribution in [0.3, 0.4) is 0 Å². The third-order valence-corrected chi connectivity index (χ3v) is 2.71. The lowest BCUT2D eigenvalue weighted by Gasteiger charge is -2.24. The second kappa shape index (κ2) is 4.81. The maximum absolute atomic E-state index is 11.3. The van der Waals surface area contributed by atoms with Crippen molar-refractivity contribution in [2.45, 2.75) is 40.5 Å². The summed E-state index contributed by atoms with van der Waals surface area (Å²) in [6.07, 6.45) is 4.68. The van der Waals surface area contributed by atoms with Gasteiger partial charge in [-0.3, -0.25) is 14.5 Å². The summed E-state index contributed by atoms with van der Waals surface area (Å²) < 4.78 is 0. The van der Waals surface area contributed by atoms with E-state index < -0.39 is 0 Å². The summed E-state index contributed by atoms with van der Waals surface area (Å²) in [6, 6.07) is 0. The Hall–Kier alpha value is -1.12. The number of carbonyl (C=O) groups is 2. The summed E-state index contributed by atoms with van der Waals surface area (Å²) in [7, 11) is 0. The summed E-state index contributed by atoms with van der Waals surface area (Å²) in [5.41, 5.74) is 0.302. The van der Waals surface area contributed by atoms with Crippen molar-refractivity contribution in [2.24, 2.45) is 11.3 Å². The van der Waals surface area contributed by atoms with E-state index in [1.54, 1.807) is 0 Å². The first-order chi connectivity index (χ1) is 7.29. The van der Waals surface area contributed by atoms with Crippen LogP contribution in [-0.2, 0) is 9.59 Å². The van der Waals surface area contributed by atoms with Gasteiger partial charge in [0.1, 0.15) is 0 Å². The van der Waals surface area contributed by atoms with Crippen molar-refractivity contribution in [3.63, 3.8) is 0 Å². The Morgan fingerprint density at radius 3 is 2.12 bits per heavy atom. The molecule has 0 aromatic rings. The molecule has 0 saturated carbocycles. The summed E-state index contributed by atoms with van der Waals surface area (Å²) in [5, 5.41) is 0. The van der Waals surface area contributed by atoms with Crippen LogP contribution < -0.4 is 0 Å². The van der Waals surface area contributed by atoms with Crippen LogP contribution in [0.5, 0.6) is 0 Å². The van der Waals surface area contributed by atoms with Crippen LogP contribution in [-0.4, -0.2) is 23.3 Å². The molecule has 0 aromatic carbocycles. The summed E-state index contributed by atoms with van der Waals surface area (Å²) >= 11 is 0. The molecule has 3 nitrogen and oxygen atoms in total. The van der Waals surface area contributed by atoms with E-state index in [4.69, 9.17) is 0 Å². The average molecular weight is 223 g/mol. The van der Waals surface area contributed by atoms with Gasteiger partial charge >= 0.3 is 0 Å². The van der Waals surface area contributed by atoms with Gasteiger partial charge in [-0.25, -0.2) is 0 Å². The van der Waals surface area contributed by atoms with E-state index in [0.717, 1.165) is 12.8 Å². The molecule has 1 heterocycles. The second-order valence-electron chi connectivity index (χ2n) is 5.82. The largest absolute Gasteiger partial charge is 0.275 e. The van der Waals surface area contributed by atoms with E-state index >= 15 is 0 Å². The highest BCUT2D eigenvalue weighted by Gasteiger charge is 2.24. The van der Waals surface area contributed by atoms with Gasteiger partial charge in [-0.05, 0) is 24.2 Å². The average Bonchev–Trinajstić information content (AvgIpc) is 2.41. The van der Waals surface area contributed by atoms with E-state index in [2.05, 4.69) is 27.7 Å². The fraction of sp³-hybridized carbons (Fsp3) is 0.692. The summed E-state index contributed by atoms with van der Waals surface area (Å²) in [5.74, 6) is 0.183. The van der Waals surface area contributed by atoms with Gasteiger partial charge in [0.15, 0.2) is 0 Å². The van der Waals surface area contributed by atoms with Crippen molar-refractivity contribution in [3.05, 3.63) is 12.2 Å². The van der Waals surface area contributed by atoms with E-state index in [9.17, 15) is 9.59 Å². The van der Waals surface area contributed by atoms with Gasteiger partial charge < -0.3 is 0 Å². The molecule has 1 aliphatic heterocycles. The van der Waals surface area contributed by atoms with Gasteiger partial charge in [0, 0.05) is 18.7 Å². The topological polar surface area (TPSA) is 37.4 Å². The van der Waals surface area contributed by atoms with Gasteiger partial charge in [-0.2, -0.15) is 0 Å².